The number of nitrogens with zero attached hydrogens (tertiary/aromatic N) is 5. The van der Waals surface area contributed by atoms with Gasteiger partial charge in [-0.2, -0.15) is 4.99 Å². The van der Waals surface area contributed by atoms with E-state index in [1.165, 1.54) is 0 Å². The molecule has 1 amide bonds. The molecule has 0 saturated carbocycles. The molecule has 284 valence electrons. The Hall–Kier alpha value is -2.47. The first kappa shape index (κ1) is 41.3. The summed E-state index contributed by atoms with van der Waals surface area (Å²) in [5, 5.41) is -0.0735. The molecule has 0 unspecified atom stereocenters. The molecule has 0 bridgehead atoms. The Morgan fingerprint density at radius 3 is 1.90 bits per heavy atom. The van der Waals surface area contributed by atoms with Gasteiger partial charge in [-0.3, -0.25) is 9.36 Å². The number of hydrogen-bond donors (Lipinski definition) is 0. The van der Waals surface area contributed by atoms with Crippen LogP contribution in [0.2, 0.25) is 54.4 Å². The third kappa shape index (κ3) is 9.19. The smallest absolute Gasteiger partial charge is 0.285 e. The summed E-state index contributed by atoms with van der Waals surface area (Å²) in [6, 6.07) is 9.21. The summed E-state index contributed by atoms with van der Waals surface area (Å²) in [5.74, 6) is 0.167. The van der Waals surface area contributed by atoms with Crippen LogP contribution in [-0.4, -0.2) is 81.5 Å². The Morgan fingerprint density at radius 1 is 0.804 bits per heavy atom. The molecule has 4 atom stereocenters. The van der Waals surface area contributed by atoms with E-state index in [0.29, 0.717) is 29.0 Å². The topological polar surface area (TPSA) is 111 Å². The lowest BCUT2D eigenvalue weighted by atomic mass is 10.1. The van der Waals surface area contributed by atoms with E-state index in [1.54, 1.807) is 36.4 Å². The maximum absolute atomic E-state index is 13.0. The average Bonchev–Trinajstić information content (AvgIpc) is 3.56. The van der Waals surface area contributed by atoms with Gasteiger partial charge in [-0.15, -0.1) is 0 Å². The maximum Gasteiger partial charge on any atom is 0.285 e. The number of amides is 1. The van der Waals surface area contributed by atoms with E-state index in [2.05, 4.69) is 107 Å². The number of carbonyl (C=O) groups is 1. The van der Waals surface area contributed by atoms with Crippen LogP contribution < -0.4 is 10.2 Å². The maximum atomic E-state index is 13.0. The van der Waals surface area contributed by atoms with Crippen LogP contribution in [0.15, 0.2) is 48.0 Å². The second-order valence-corrected chi connectivity index (χ2v) is 32.8. The molecular formula is C37H63N5O6Si3. The first-order valence-corrected chi connectivity index (χ1v) is 26.8. The van der Waals surface area contributed by atoms with Crippen LogP contribution >= 0.6 is 0 Å². The van der Waals surface area contributed by atoms with E-state index in [0.717, 1.165) is 0 Å². The fourth-order valence-electron chi connectivity index (χ4n) is 5.01. The van der Waals surface area contributed by atoms with Crippen molar-refractivity contribution in [3.05, 3.63) is 48.5 Å². The SMILES string of the molecule is Cn1cnc2c(ncn2[C@@H]2O[C@H](CO[Si](C)(C)C(C)(C)C)[C@@H](O[Si](C)(C)C(C)(C)C)[C@H]2O[Si](C)(C)C(C)(C)C)c1=NC(=O)COc1ccccc1. The third-order valence-corrected chi connectivity index (χ3v) is 24.9. The zero-order valence-corrected chi connectivity index (χ0v) is 37.0. The van der Waals surface area contributed by atoms with Crippen molar-refractivity contribution in [1.82, 2.24) is 19.1 Å². The lowest BCUT2D eigenvalue weighted by Crippen LogP contribution is -2.54. The number of imidazole rings is 1. The van der Waals surface area contributed by atoms with Crippen LogP contribution in [0.4, 0.5) is 0 Å². The van der Waals surface area contributed by atoms with Crippen LogP contribution in [0.1, 0.15) is 68.5 Å². The van der Waals surface area contributed by atoms with Gasteiger partial charge in [0.15, 0.2) is 54.4 Å². The second-order valence-electron chi connectivity index (χ2n) is 18.4. The van der Waals surface area contributed by atoms with Gasteiger partial charge in [0, 0.05) is 7.05 Å². The molecule has 0 aliphatic carbocycles. The zero-order valence-electron chi connectivity index (χ0n) is 34.0. The van der Waals surface area contributed by atoms with E-state index >= 15 is 0 Å². The lowest BCUT2D eigenvalue weighted by molar-refractivity contribution is -0.120. The van der Waals surface area contributed by atoms with Crippen molar-refractivity contribution in [2.24, 2.45) is 12.0 Å². The molecule has 1 saturated heterocycles. The third-order valence-electron chi connectivity index (χ3n) is 11.5. The quantitative estimate of drug-likeness (QED) is 0.181. The predicted octanol–water partition coefficient (Wildman–Crippen LogP) is 7.98. The van der Waals surface area contributed by atoms with Crippen LogP contribution in [0.25, 0.3) is 11.2 Å². The van der Waals surface area contributed by atoms with Gasteiger partial charge in [0.25, 0.3) is 5.91 Å². The fraction of sp³-hybridized carbons (Fsp3) is 0.676. The van der Waals surface area contributed by atoms with Gasteiger partial charge in [0.2, 0.25) is 0 Å². The van der Waals surface area contributed by atoms with Crippen LogP contribution in [0.3, 0.4) is 0 Å². The van der Waals surface area contributed by atoms with Crippen LogP contribution in [0.5, 0.6) is 5.75 Å². The largest absolute Gasteiger partial charge is 0.484 e. The van der Waals surface area contributed by atoms with Crippen molar-refractivity contribution >= 4 is 42.0 Å². The number of ether oxygens (including phenoxy) is 2. The minimum Gasteiger partial charge on any atom is -0.484 e. The minimum absolute atomic E-state index is 0.0291. The minimum atomic E-state index is -2.36. The second kappa shape index (κ2) is 14.7. The Balaban J connectivity index is 1.82. The summed E-state index contributed by atoms with van der Waals surface area (Å²) in [4.78, 5) is 27.0. The monoisotopic (exact) mass is 757 g/mol. The molecule has 14 heteroatoms. The average molecular weight is 758 g/mol. The van der Waals surface area contributed by atoms with Gasteiger partial charge < -0.3 is 27.3 Å². The molecule has 0 N–H and O–H groups in total. The molecule has 2 aromatic heterocycles. The molecule has 4 rings (SSSR count). The van der Waals surface area contributed by atoms with Gasteiger partial charge in [-0.25, -0.2) is 9.97 Å². The molecule has 1 aliphatic heterocycles. The fourth-order valence-corrected chi connectivity index (χ4v) is 8.63. The van der Waals surface area contributed by atoms with Gasteiger partial charge in [-0.1, -0.05) is 80.5 Å². The zero-order chi connectivity index (χ0) is 38.4. The Kier molecular flexibility index (Phi) is 11.9. The molecule has 11 nitrogen and oxygen atoms in total. The molecule has 0 spiro atoms. The van der Waals surface area contributed by atoms with Crippen molar-refractivity contribution in [2.45, 2.75) is 141 Å². The normalized spacial score (nSPS) is 21.5. The summed E-state index contributed by atoms with van der Waals surface area (Å²) < 4.78 is 37.8. The number of para-hydroxylation sites is 1. The highest BCUT2D eigenvalue weighted by Crippen LogP contribution is 2.46. The van der Waals surface area contributed by atoms with E-state index in [1.807, 2.05) is 22.8 Å². The van der Waals surface area contributed by atoms with Crippen LogP contribution in [-0.2, 0) is 29.9 Å². The highest BCUT2D eigenvalue weighted by atomic mass is 28.4. The first-order chi connectivity index (χ1) is 23.3. The van der Waals surface area contributed by atoms with E-state index < -0.39 is 55.4 Å². The highest BCUT2D eigenvalue weighted by molar-refractivity contribution is 6.75. The summed E-state index contributed by atoms with van der Waals surface area (Å²) in [5.41, 5.74) is 1.40. The van der Waals surface area contributed by atoms with Gasteiger partial charge >= 0.3 is 0 Å². The van der Waals surface area contributed by atoms with Gasteiger partial charge in [0.05, 0.1) is 19.3 Å². The molecule has 1 fully saturated rings. The van der Waals surface area contributed by atoms with Gasteiger partial charge in [-0.05, 0) is 66.5 Å². The molecule has 1 aromatic carbocycles. The van der Waals surface area contributed by atoms with E-state index in [4.69, 9.17) is 32.7 Å². The van der Waals surface area contributed by atoms with Crippen molar-refractivity contribution in [2.75, 3.05) is 13.2 Å². The number of aromatic nitrogens is 4. The Labute approximate surface area is 308 Å². The molecular weight excluding hydrogens is 695 g/mol. The summed E-state index contributed by atoms with van der Waals surface area (Å²) >= 11 is 0. The molecule has 0 radical (unpaired) electrons. The Bertz CT molecular complexity index is 1740. The predicted molar refractivity (Wildman–Crippen MR) is 210 cm³/mol. The number of carbonyl (C=O) groups excluding carboxylic acids is 1. The highest BCUT2D eigenvalue weighted by Gasteiger charge is 2.55. The van der Waals surface area contributed by atoms with Crippen molar-refractivity contribution in [3.63, 3.8) is 0 Å². The number of aryl methyl sites for hydroxylation is 1. The van der Waals surface area contributed by atoms with Crippen LogP contribution in [0, 0.1) is 0 Å². The molecule has 1 aliphatic rings. The van der Waals surface area contributed by atoms with Crippen molar-refractivity contribution < 1.29 is 27.5 Å². The number of benzene rings is 1. The number of fused-ring (bicyclic) bond motifs is 1. The van der Waals surface area contributed by atoms with Gasteiger partial charge in [0.1, 0.15) is 24.1 Å². The standard InChI is InChI=1S/C37H63N5O6Si3/c1-35(2,3)49(11,12)45-22-27-30(47-50(13,14)36(4,5)6)31(48-51(15,16)37(7,8)9)34(46-27)42-25-38-29-32(42)39-24-41(10)33(29)40-28(43)23-44-26-20-18-17-19-21-26/h17-21,24-25,27,30-31,34H,22-23H2,1-16H3/t27-,30-,31-,34-/m1/s1. The molecule has 3 aromatic rings. The van der Waals surface area contributed by atoms with E-state index in [9.17, 15) is 4.79 Å². The van der Waals surface area contributed by atoms with Crippen molar-refractivity contribution in [3.8, 4) is 5.75 Å². The number of rotatable bonds is 11. The summed E-state index contributed by atoms with van der Waals surface area (Å²) in [6.07, 6.45) is 1.48. The summed E-state index contributed by atoms with van der Waals surface area (Å²) in [6.45, 7) is 34.0. The molecule has 3 heterocycles. The van der Waals surface area contributed by atoms with E-state index in [-0.39, 0.29) is 21.7 Å². The van der Waals surface area contributed by atoms with Crippen molar-refractivity contribution in [1.29, 1.82) is 0 Å². The first-order valence-electron chi connectivity index (χ1n) is 18.0. The molecule has 51 heavy (non-hydrogen) atoms. The number of hydrogen-bond acceptors (Lipinski definition) is 8. The lowest BCUT2D eigenvalue weighted by Gasteiger charge is -2.44. The Morgan fingerprint density at radius 2 is 1.35 bits per heavy atom. The summed E-state index contributed by atoms with van der Waals surface area (Å²) in [7, 11) is -5.02.